The maximum Gasteiger partial charge on any atom is 0.0459 e. The van der Waals surface area contributed by atoms with E-state index in [-0.39, 0.29) is 31.3 Å². The number of nitrogens with zero attached hydrogens (tertiary/aromatic N) is 2. The maximum atomic E-state index is 14.4. The Kier molecular flexibility index (Phi) is 9.23. The maximum absolute atomic E-state index is 14.4. The van der Waals surface area contributed by atoms with E-state index >= 15 is 0 Å². The molecule has 2 heterocycles. The molecule has 0 unspecified atom stereocenters. The molecule has 0 fully saturated rings. The molecule has 0 N–H and O–H groups in total. The van der Waals surface area contributed by atoms with Crippen LogP contribution in [-0.4, -0.2) is 9.97 Å². The van der Waals surface area contributed by atoms with Crippen LogP contribution in [0.1, 0.15) is 36.1 Å². The number of fused-ring (bicyclic) bond motifs is 2. The molecule has 1 aliphatic carbocycles. The third-order valence-corrected chi connectivity index (χ3v) is 8.37. The van der Waals surface area contributed by atoms with E-state index in [1.54, 1.807) is 18.5 Å². The number of aromatic nitrogens is 2. The van der Waals surface area contributed by atoms with Gasteiger partial charge >= 0.3 is 0 Å². The van der Waals surface area contributed by atoms with Crippen LogP contribution in [0.3, 0.4) is 0 Å². The zero-order valence-corrected chi connectivity index (χ0v) is 28.3. The summed E-state index contributed by atoms with van der Waals surface area (Å²) >= 11 is 0. The van der Waals surface area contributed by atoms with E-state index in [0.29, 0.717) is 5.56 Å². The standard InChI is InChI=1S/C25H16N.C18H13FN.Ir/c1-2-9-20(10-3-1)16-17-21-11-4-5-14-24(21)22-12-8-13-23(19-22)25-15-6-7-18-26-25;1-18(2)13-7-3-5-11-9-10-20-17(15(11)13)12-6-4-8-14(19)16(12)18;/h1-12,14-15,18-19H;3-5,7-10H,1-2H3;/q2*-1;. The van der Waals surface area contributed by atoms with Gasteiger partial charge in [0.15, 0.2) is 0 Å². The van der Waals surface area contributed by atoms with E-state index in [0.717, 1.165) is 61.1 Å². The Balaban J connectivity index is 0.000000166. The summed E-state index contributed by atoms with van der Waals surface area (Å²) in [6, 6.07) is 48.0. The Labute approximate surface area is 288 Å². The fourth-order valence-corrected chi connectivity index (χ4v) is 6.15. The van der Waals surface area contributed by atoms with Crippen molar-refractivity contribution in [2.75, 3.05) is 0 Å². The molecule has 229 valence electrons. The van der Waals surface area contributed by atoms with Crippen LogP contribution < -0.4 is 0 Å². The van der Waals surface area contributed by atoms with Crippen LogP contribution in [0.25, 0.3) is 44.4 Å². The SMILES string of the molecule is C(#Cc1ccccc1-c1cc[c-]c(-c2ccccn2)c1)c1ccccc1.CC1(C)c2c([c-]ccc2F)-c2nccc3cccc1c23.[Ir]. The van der Waals surface area contributed by atoms with Crippen molar-refractivity contribution in [1.29, 1.82) is 0 Å². The Morgan fingerprint density at radius 2 is 1.49 bits per heavy atom. The summed E-state index contributed by atoms with van der Waals surface area (Å²) in [7, 11) is 0. The van der Waals surface area contributed by atoms with E-state index in [2.05, 4.69) is 84.2 Å². The van der Waals surface area contributed by atoms with Gasteiger partial charge in [-0.15, -0.1) is 53.6 Å². The molecule has 0 spiro atoms. The van der Waals surface area contributed by atoms with Crippen molar-refractivity contribution in [3.8, 4) is 45.5 Å². The number of rotatable bonds is 2. The van der Waals surface area contributed by atoms with E-state index in [4.69, 9.17) is 0 Å². The largest absolute Gasteiger partial charge is 0.305 e. The third kappa shape index (κ3) is 6.29. The van der Waals surface area contributed by atoms with Gasteiger partial charge in [0.2, 0.25) is 0 Å². The minimum Gasteiger partial charge on any atom is -0.305 e. The average molecular weight is 785 g/mol. The van der Waals surface area contributed by atoms with Crippen LogP contribution in [0.15, 0.2) is 140 Å². The van der Waals surface area contributed by atoms with Gasteiger partial charge in [0.05, 0.1) is 0 Å². The van der Waals surface area contributed by atoms with Crippen LogP contribution in [0.2, 0.25) is 0 Å². The van der Waals surface area contributed by atoms with Crippen LogP contribution >= 0.6 is 0 Å². The summed E-state index contributed by atoms with van der Waals surface area (Å²) in [6.45, 7) is 4.13. The first-order valence-corrected chi connectivity index (χ1v) is 15.2. The smallest absolute Gasteiger partial charge is 0.0459 e. The van der Waals surface area contributed by atoms with Gasteiger partial charge < -0.3 is 9.97 Å². The Morgan fingerprint density at radius 1 is 0.702 bits per heavy atom. The van der Waals surface area contributed by atoms with Crippen molar-refractivity contribution < 1.29 is 24.5 Å². The summed E-state index contributed by atoms with van der Waals surface area (Å²) in [4.78, 5) is 8.91. The summed E-state index contributed by atoms with van der Waals surface area (Å²) in [6.07, 6.45) is 3.58. The number of hydrogen-bond acceptors (Lipinski definition) is 2. The van der Waals surface area contributed by atoms with Gasteiger partial charge in [-0.05, 0) is 69.0 Å². The fourth-order valence-electron chi connectivity index (χ4n) is 6.15. The van der Waals surface area contributed by atoms with Gasteiger partial charge in [-0.25, -0.2) is 4.39 Å². The van der Waals surface area contributed by atoms with Crippen molar-refractivity contribution in [3.63, 3.8) is 0 Å². The molecule has 0 saturated heterocycles. The van der Waals surface area contributed by atoms with Crippen molar-refractivity contribution >= 4 is 10.8 Å². The van der Waals surface area contributed by atoms with Gasteiger partial charge in [0, 0.05) is 49.4 Å². The summed E-state index contributed by atoms with van der Waals surface area (Å²) in [5.41, 5.74) is 9.22. The summed E-state index contributed by atoms with van der Waals surface area (Å²) < 4.78 is 14.4. The van der Waals surface area contributed by atoms with Gasteiger partial charge in [0.25, 0.3) is 0 Å². The van der Waals surface area contributed by atoms with E-state index < -0.39 is 0 Å². The molecule has 0 atom stereocenters. The Hall–Kier alpha value is -5.20. The molecule has 8 rings (SSSR count). The van der Waals surface area contributed by atoms with Crippen molar-refractivity contribution in [1.82, 2.24) is 9.97 Å². The Morgan fingerprint density at radius 3 is 2.32 bits per heavy atom. The van der Waals surface area contributed by atoms with Crippen molar-refractivity contribution in [2.24, 2.45) is 0 Å². The quantitative estimate of drug-likeness (QED) is 0.129. The van der Waals surface area contributed by atoms with Crippen molar-refractivity contribution in [2.45, 2.75) is 19.3 Å². The zero-order chi connectivity index (χ0) is 31.5. The van der Waals surface area contributed by atoms with Crippen LogP contribution in [0.4, 0.5) is 4.39 Å². The second kappa shape index (κ2) is 13.7. The summed E-state index contributed by atoms with van der Waals surface area (Å²) in [5, 5.41) is 2.26. The van der Waals surface area contributed by atoms with E-state index in [1.807, 2.05) is 78.9 Å². The van der Waals surface area contributed by atoms with Gasteiger partial charge in [0.1, 0.15) is 0 Å². The van der Waals surface area contributed by atoms with Crippen molar-refractivity contribution in [3.05, 3.63) is 180 Å². The minimum atomic E-state index is -0.382. The molecule has 4 heteroatoms. The molecule has 0 bridgehead atoms. The molecule has 47 heavy (non-hydrogen) atoms. The molecule has 0 amide bonds. The molecule has 2 nitrogen and oxygen atoms in total. The van der Waals surface area contributed by atoms with Gasteiger partial charge in [-0.1, -0.05) is 104 Å². The number of benzene rings is 5. The fraction of sp³-hybridized carbons (Fsp3) is 0.0698. The predicted octanol–water partition coefficient (Wildman–Crippen LogP) is 10.1. The molecule has 0 saturated carbocycles. The number of pyridine rings is 2. The molecule has 5 aromatic carbocycles. The first kappa shape index (κ1) is 31.8. The molecule has 2 aromatic heterocycles. The second-order valence-corrected chi connectivity index (χ2v) is 11.6. The van der Waals surface area contributed by atoms with Crippen LogP contribution in [0, 0.1) is 29.8 Å². The molecular formula is C43H29FIrN2-2. The zero-order valence-electron chi connectivity index (χ0n) is 25.9. The number of halogens is 1. The topological polar surface area (TPSA) is 25.8 Å². The summed E-state index contributed by atoms with van der Waals surface area (Å²) in [5.74, 6) is 6.38. The Bertz CT molecular complexity index is 2250. The first-order chi connectivity index (χ1) is 22.5. The van der Waals surface area contributed by atoms with Crippen LogP contribution in [-0.2, 0) is 25.5 Å². The van der Waals surface area contributed by atoms with E-state index in [1.165, 1.54) is 6.07 Å². The van der Waals surface area contributed by atoms with E-state index in [9.17, 15) is 4.39 Å². The van der Waals surface area contributed by atoms with Gasteiger partial charge in [-0.2, -0.15) is 0 Å². The van der Waals surface area contributed by atoms with Gasteiger partial charge in [-0.3, -0.25) is 0 Å². The third-order valence-electron chi connectivity index (χ3n) is 8.37. The predicted molar refractivity (Wildman–Crippen MR) is 184 cm³/mol. The minimum absolute atomic E-state index is 0. The van der Waals surface area contributed by atoms with Crippen LogP contribution in [0.5, 0.6) is 0 Å². The average Bonchev–Trinajstić information content (AvgIpc) is 3.11. The molecule has 1 radical (unpaired) electrons. The second-order valence-electron chi connectivity index (χ2n) is 11.6. The molecule has 7 aromatic rings. The molecule has 0 aliphatic heterocycles. The molecular weight excluding hydrogens is 756 g/mol. The number of hydrogen-bond donors (Lipinski definition) is 0. The normalized spacial score (nSPS) is 12.0. The molecule has 1 aliphatic rings. The first-order valence-electron chi connectivity index (χ1n) is 15.2. The monoisotopic (exact) mass is 785 g/mol.